The van der Waals surface area contributed by atoms with Crippen molar-refractivity contribution >= 4 is 22.0 Å². The zero-order valence-electron chi connectivity index (χ0n) is 4.74. The van der Waals surface area contributed by atoms with Gasteiger partial charge >= 0.3 is 0 Å². The Morgan fingerprint density at radius 3 is 2.22 bits per heavy atom. The fraction of sp³-hybridized carbons (Fsp3) is 1.00. The first-order valence-electron chi connectivity index (χ1n) is 2.26. The van der Waals surface area contributed by atoms with Gasteiger partial charge in [0.05, 0.1) is 11.9 Å². The van der Waals surface area contributed by atoms with Gasteiger partial charge in [0.1, 0.15) is 0 Å². The predicted molar refractivity (Wildman–Crippen MR) is 32.6 cm³/mol. The van der Waals surface area contributed by atoms with Crippen molar-refractivity contribution in [1.29, 1.82) is 0 Å². The number of rotatable bonds is 3. The Morgan fingerprint density at radius 2 is 2.22 bits per heavy atom. The van der Waals surface area contributed by atoms with Gasteiger partial charge in [-0.25, -0.2) is 0 Å². The summed E-state index contributed by atoms with van der Waals surface area (Å²) in [5.74, 6) is 0. The van der Waals surface area contributed by atoms with E-state index in [9.17, 15) is 8.42 Å². The third kappa shape index (κ3) is 3.00. The summed E-state index contributed by atoms with van der Waals surface area (Å²) in [6.07, 6.45) is 0.127. The second-order valence-electron chi connectivity index (χ2n) is 1.44. The Labute approximate surface area is 58.7 Å². The van der Waals surface area contributed by atoms with Gasteiger partial charge in [-0.2, -0.15) is 8.42 Å². The van der Waals surface area contributed by atoms with Crippen LogP contribution in [0.5, 0.6) is 0 Å². The van der Waals surface area contributed by atoms with E-state index in [0.29, 0.717) is 0 Å². The van der Waals surface area contributed by atoms with Crippen LogP contribution in [0.3, 0.4) is 0 Å². The third-order valence-electron chi connectivity index (χ3n) is 0.765. The molecule has 1 unspecified atom stereocenters. The van der Waals surface area contributed by atoms with E-state index in [1.165, 1.54) is 6.92 Å². The SMILES string of the molecule is CCC(OCl)S(=O)(=O)O. The summed E-state index contributed by atoms with van der Waals surface area (Å²) in [5, 5.41) is 0. The molecule has 6 heteroatoms. The molecular weight excluding hydrogens is 168 g/mol. The highest BCUT2D eigenvalue weighted by Crippen LogP contribution is 2.06. The molecule has 0 bridgehead atoms. The average molecular weight is 175 g/mol. The van der Waals surface area contributed by atoms with Crippen molar-refractivity contribution in [3.8, 4) is 0 Å². The molecule has 0 rings (SSSR count). The van der Waals surface area contributed by atoms with Crippen molar-refractivity contribution in [2.24, 2.45) is 0 Å². The first kappa shape index (κ1) is 9.16. The number of hydrogen-bond donors (Lipinski definition) is 1. The highest BCUT2D eigenvalue weighted by molar-refractivity contribution is 7.86. The maximum absolute atomic E-state index is 10.1. The molecule has 0 spiro atoms. The van der Waals surface area contributed by atoms with E-state index in [1.807, 2.05) is 0 Å². The largest absolute Gasteiger partial charge is 0.294 e. The standard InChI is InChI=1S/C3H7ClO4S/c1-2-3(8-4)9(5,6)7/h3H,2H2,1H3,(H,5,6,7). The smallest absolute Gasteiger partial charge is 0.284 e. The molecule has 0 aliphatic rings. The van der Waals surface area contributed by atoms with E-state index in [2.05, 4.69) is 4.29 Å². The second kappa shape index (κ2) is 3.36. The molecule has 0 radical (unpaired) electrons. The van der Waals surface area contributed by atoms with Crippen LogP contribution in [0.2, 0.25) is 0 Å². The minimum atomic E-state index is -4.12. The molecular formula is C3H7ClO4S. The van der Waals surface area contributed by atoms with Gasteiger partial charge in [0.25, 0.3) is 10.1 Å². The van der Waals surface area contributed by atoms with E-state index >= 15 is 0 Å². The summed E-state index contributed by atoms with van der Waals surface area (Å²) in [6.45, 7) is 1.53. The Hall–Kier alpha value is 0.160. The predicted octanol–water partition coefficient (Wildman–Crippen LogP) is 0.781. The molecule has 0 aromatic carbocycles. The first-order valence-corrected chi connectivity index (χ1v) is 4.07. The van der Waals surface area contributed by atoms with E-state index < -0.39 is 15.6 Å². The van der Waals surface area contributed by atoms with E-state index in [-0.39, 0.29) is 6.42 Å². The Balaban J connectivity index is 4.14. The van der Waals surface area contributed by atoms with Gasteiger partial charge in [-0.15, -0.1) is 0 Å². The van der Waals surface area contributed by atoms with Gasteiger partial charge in [-0.05, 0) is 6.42 Å². The van der Waals surface area contributed by atoms with Crippen molar-refractivity contribution in [2.45, 2.75) is 18.8 Å². The molecule has 9 heavy (non-hydrogen) atoms. The zero-order chi connectivity index (χ0) is 7.49. The summed E-state index contributed by atoms with van der Waals surface area (Å²) in [6, 6.07) is 0. The summed E-state index contributed by atoms with van der Waals surface area (Å²) < 4.78 is 32.4. The molecule has 0 aliphatic carbocycles. The maximum atomic E-state index is 10.1. The lowest BCUT2D eigenvalue weighted by Crippen LogP contribution is -2.19. The van der Waals surface area contributed by atoms with Crippen molar-refractivity contribution < 1.29 is 17.3 Å². The topological polar surface area (TPSA) is 63.6 Å². The van der Waals surface area contributed by atoms with Crippen LogP contribution in [0.1, 0.15) is 13.3 Å². The summed E-state index contributed by atoms with van der Waals surface area (Å²) >= 11 is 4.71. The monoisotopic (exact) mass is 174 g/mol. The molecule has 0 heterocycles. The molecule has 0 aromatic heterocycles. The van der Waals surface area contributed by atoms with Crippen molar-refractivity contribution in [1.82, 2.24) is 0 Å². The second-order valence-corrected chi connectivity index (χ2v) is 3.18. The van der Waals surface area contributed by atoms with Crippen LogP contribution >= 0.6 is 11.9 Å². The number of hydrogen-bond acceptors (Lipinski definition) is 3. The van der Waals surface area contributed by atoms with Crippen molar-refractivity contribution in [3.63, 3.8) is 0 Å². The maximum Gasteiger partial charge on any atom is 0.294 e. The molecule has 0 saturated carbocycles. The summed E-state index contributed by atoms with van der Waals surface area (Å²) in [5.41, 5.74) is -1.31. The van der Waals surface area contributed by atoms with Gasteiger partial charge < -0.3 is 0 Å². The van der Waals surface area contributed by atoms with Crippen molar-refractivity contribution in [2.75, 3.05) is 0 Å². The Morgan fingerprint density at radius 1 is 1.78 bits per heavy atom. The molecule has 0 aromatic rings. The van der Waals surface area contributed by atoms with E-state index in [0.717, 1.165) is 0 Å². The summed E-state index contributed by atoms with van der Waals surface area (Å²) in [7, 11) is -4.12. The van der Waals surface area contributed by atoms with Crippen molar-refractivity contribution in [3.05, 3.63) is 0 Å². The Bertz CT molecular complexity index is 159. The molecule has 0 saturated heterocycles. The van der Waals surface area contributed by atoms with Gasteiger partial charge in [-0.1, -0.05) is 6.92 Å². The average Bonchev–Trinajstić information content (AvgIpc) is 1.65. The van der Waals surface area contributed by atoms with Gasteiger partial charge in [0.2, 0.25) is 5.44 Å². The molecule has 1 N–H and O–H groups in total. The van der Waals surface area contributed by atoms with E-state index in [4.69, 9.17) is 16.4 Å². The fourth-order valence-electron chi connectivity index (χ4n) is 0.320. The highest BCUT2D eigenvalue weighted by atomic mass is 35.5. The van der Waals surface area contributed by atoms with Crippen LogP contribution in [0, 0.1) is 0 Å². The van der Waals surface area contributed by atoms with Crippen LogP contribution in [-0.2, 0) is 14.4 Å². The van der Waals surface area contributed by atoms with Gasteiger partial charge in [0, 0.05) is 0 Å². The molecule has 4 nitrogen and oxygen atoms in total. The fourth-order valence-corrected chi connectivity index (χ4v) is 1.23. The zero-order valence-corrected chi connectivity index (χ0v) is 6.32. The van der Waals surface area contributed by atoms with Gasteiger partial charge in [-0.3, -0.25) is 8.84 Å². The summed E-state index contributed by atoms with van der Waals surface area (Å²) in [4.78, 5) is 0. The van der Waals surface area contributed by atoms with Crippen LogP contribution in [-0.4, -0.2) is 18.4 Å². The van der Waals surface area contributed by atoms with Crippen LogP contribution in [0.15, 0.2) is 0 Å². The lowest BCUT2D eigenvalue weighted by molar-refractivity contribution is 0.276. The molecule has 0 fully saturated rings. The lowest BCUT2D eigenvalue weighted by atomic mass is 10.5. The first-order chi connectivity index (χ1) is 4.02. The minimum Gasteiger partial charge on any atom is -0.284 e. The molecule has 56 valence electrons. The van der Waals surface area contributed by atoms with E-state index in [1.54, 1.807) is 0 Å². The molecule has 0 amide bonds. The normalized spacial score (nSPS) is 15.4. The van der Waals surface area contributed by atoms with Crippen LogP contribution in [0.4, 0.5) is 0 Å². The molecule has 0 aliphatic heterocycles. The molecule has 1 atom stereocenters. The number of halogens is 1. The Kier molecular flexibility index (Phi) is 3.42. The minimum absolute atomic E-state index is 0.127. The van der Waals surface area contributed by atoms with Crippen LogP contribution < -0.4 is 0 Å². The van der Waals surface area contributed by atoms with Crippen LogP contribution in [0.25, 0.3) is 0 Å². The lowest BCUT2D eigenvalue weighted by Gasteiger charge is -2.04. The third-order valence-corrected chi connectivity index (χ3v) is 2.18. The quantitative estimate of drug-likeness (QED) is 0.643. The van der Waals surface area contributed by atoms with Gasteiger partial charge in [0.15, 0.2) is 0 Å². The highest BCUT2D eigenvalue weighted by Gasteiger charge is 2.20.